The number of hydrogen-bond donors (Lipinski definition) is 2. The second-order valence-corrected chi connectivity index (χ2v) is 8.88. The van der Waals surface area contributed by atoms with Crippen LogP contribution < -0.4 is 16.1 Å². The van der Waals surface area contributed by atoms with Crippen LogP contribution >= 0.6 is 11.8 Å². The van der Waals surface area contributed by atoms with Crippen molar-refractivity contribution in [2.75, 3.05) is 44.3 Å². The van der Waals surface area contributed by atoms with E-state index in [1.165, 1.54) is 4.31 Å². The van der Waals surface area contributed by atoms with Gasteiger partial charge in [0.1, 0.15) is 5.82 Å². The minimum Gasteiger partial charge on any atom is -0.382 e. The largest absolute Gasteiger partial charge is 0.382 e. The lowest BCUT2D eigenvalue weighted by atomic mass is 10.3. The summed E-state index contributed by atoms with van der Waals surface area (Å²) in [4.78, 5) is 15.8. The van der Waals surface area contributed by atoms with Gasteiger partial charge in [0.05, 0.1) is 30.7 Å². The van der Waals surface area contributed by atoms with Gasteiger partial charge in [0, 0.05) is 19.3 Å². The molecule has 1 aromatic heterocycles. The summed E-state index contributed by atoms with van der Waals surface area (Å²) in [5.41, 5.74) is 5.81. The maximum absolute atomic E-state index is 12.1. The molecule has 3 N–H and O–H groups in total. The zero-order valence-corrected chi connectivity index (χ0v) is 15.8. The van der Waals surface area contributed by atoms with Gasteiger partial charge in [-0.2, -0.15) is 22.4 Å². The van der Waals surface area contributed by atoms with Gasteiger partial charge in [-0.15, -0.1) is 11.8 Å². The van der Waals surface area contributed by atoms with Gasteiger partial charge in [-0.05, 0) is 18.6 Å². The van der Waals surface area contributed by atoms with E-state index < -0.39 is 10.2 Å². The van der Waals surface area contributed by atoms with Gasteiger partial charge in [-0.3, -0.25) is 4.57 Å². The number of nitrogen functional groups attached to an aromatic ring is 1. The Morgan fingerprint density at radius 3 is 2.88 bits per heavy atom. The maximum atomic E-state index is 12.1. The summed E-state index contributed by atoms with van der Waals surface area (Å²) < 4.78 is 34.7. The summed E-state index contributed by atoms with van der Waals surface area (Å²) >= 11 is 1.70. The average molecular weight is 399 g/mol. The molecule has 142 valence electrons. The first-order valence-corrected chi connectivity index (χ1v) is 10.8. The zero-order chi connectivity index (χ0) is 18.6. The van der Waals surface area contributed by atoms with Crippen LogP contribution in [-0.2, 0) is 14.9 Å². The Labute approximate surface area is 156 Å². The minimum absolute atomic E-state index is 0.0518. The third kappa shape index (κ3) is 4.57. The van der Waals surface area contributed by atoms with E-state index in [9.17, 15) is 13.2 Å². The molecule has 1 aromatic rings. The number of nitrogens with zero attached hydrogens (tertiary/aromatic N) is 3. The smallest absolute Gasteiger partial charge is 0.350 e. The van der Waals surface area contributed by atoms with Crippen molar-refractivity contribution in [1.82, 2.24) is 18.6 Å². The standard InChI is InChI=1S/C15H21N5O4S2/c16-14-12(11-20(15(21)18-14)13-4-2-10-25-13)3-1-5-17-26(22,23)19-6-8-24-9-7-19/h11,13,17H,2,4-10H2,(H2,16,18,21). The summed E-state index contributed by atoms with van der Waals surface area (Å²) in [6, 6.07) is 0. The molecule has 0 aromatic carbocycles. The van der Waals surface area contributed by atoms with Crippen LogP contribution in [-0.4, -0.2) is 60.9 Å². The number of nitrogens with one attached hydrogen (secondary N) is 1. The van der Waals surface area contributed by atoms with Crippen molar-refractivity contribution in [1.29, 1.82) is 0 Å². The highest BCUT2D eigenvalue weighted by atomic mass is 32.2. The molecule has 3 heterocycles. The number of hydrogen-bond acceptors (Lipinski definition) is 7. The molecule has 11 heteroatoms. The Morgan fingerprint density at radius 2 is 2.19 bits per heavy atom. The van der Waals surface area contributed by atoms with E-state index >= 15 is 0 Å². The van der Waals surface area contributed by atoms with Crippen molar-refractivity contribution in [3.05, 3.63) is 22.2 Å². The number of ether oxygens (including phenoxy) is 1. The van der Waals surface area contributed by atoms with Crippen LogP contribution in [0, 0.1) is 11.8 Å². The van der Waals surface area contributed by atoms with Crippen LogP contribution in [0.3, 0.4) is 0 Å². The van der Waals surface area contributed by atoms with E-state index in [1.54, 1.807) is 22.5 Å². The monoisotopic (exact) mass is 399 g/mol. The number of aromatic nitrogens is 2. The topological polar surface area (TPSA) is 120 Å². The van der Waals surface area contributed by atoms with Crippen molar-refractivity contribution in [3.8, 4) is 11.8 Å². The fraction of sp³-hybridized carbons (Fsp3) is 0.600. The van der Waals surface area contributed by atoms with Crippen LogP contribution in [0.25, 0.3) is 0 Å². The Balaban J connectivity index is 1.67. The van der Waals surface area contributed by atoms with Crippen molar-refractivity contribution < 1.29 is 13.2 Å². The van der Waals surface area contributed by atoms with Crippen LogP contribution in [0.5, 0.6) is 0 Å². The molecule has 3 rings (SSSR count). The molecule has 0 bridgehead atoms. The van der Waals surface area contributed by atoms with Gasteiger partial charge < -0.3 is 10.5 Å². The van der Waals surface area contributed by atoms with Crippen molar-refractivity contribution in [2.24, 2.45) is 0 Å². The van der Waals surface area contributed by atoms with Crippen LogP contribution in [0.15, 0.2) is 11.0 Å². The molecular formula is C15H21N5O4S2. The van der Waals surface area contributed by atoms with Gasteiger partial charge in [0.25, 0.3) is 10.2 Å². The third-order valence-electron chi connectivity index (χ3n) is 4.07. The summed E-state index contributed by atoms with van der Waals surface area (Å²) in [5.74, 6) is 6.60. The first kappa shape index (κ1) is 19.2. The normalized spacial score (nSPS) is 21.3. The van der Waals surface area contributed by atoms with Crippen molar-refractivity contribution >= 4 is 27.8 Å². The van der Waals surface area contributed by atoms with Gasteiger partial charge in [0.15, 0.2) is 0 Å². The molecule has 2 aliphatic heterocycles. The zero-order valence-electron chi connectivity index (χ0n) is 14.2. The highest BCUT2D eigenvalue weighted by Gasteiger charge is 2.23. The summed E-state index contributed by atoms with van der Waals surface area (Å²) in [6.07, 6.45) is 3.57. The SMILES string of the molecule is Nc1nc(=O)n(C2CCCS2)cc1C#CCNS(=O)(=O)N1CCOCC1. The third-order valence-corrected chi connectivity index (χ3v) is 7.00. The first-order chi connectivity index (χ1) is 12.5. The molecular weight excluding hydrogens is 378 g/mol. The second kappa shape index (κ2) is 8.41. The molecule has 0 spiro atoms. The fourth-order valence-corrected chi connectivity index (χ4v) is 5.03. The van der Waals surface area contributed by atoms with Gasteiger partial charge in [-0.1, -0.05) is 11.8 Å². The molecule has 1 atom stereocenters. The van der Waals surface area contributed by atoms with Gasteiger partial charge in [0.2, 0.25) is 0 Å². The van der Waals surface area contributed by atoms with Crippen LogP contribution in [0.4, 0.5) is 5.82 Å². The molecule has 2 saturated heterocycles. The molecule has 9 nitrogen and oxygen atoms in total. The quantitative estimate of drug-likeness (QED) is 0.647. The van der Waals surface area contributed by atoms with E-state index in [2.05, 4.69) is 21.5 Å². The Kier molecular flexibility index (Phi) is 6.20. The molecule has 0 aliphatic carbocycles. The van der Waals surface area contributed by atoms with E-state index in [0.29, 0.717) is 31.9 Å². The molecule has 1 unspecified atom stereocenters. The van der Waals surface area contributed by atoms with Crippen LogP contribution in [0.1, 0.15) is 23.8 Å². The predicted octanol–water partition coefficient (Wildman–Crippen LogP) is -0.631. The predicted molar refractivity (Wildman–Crippen MR) is 99.8 cm³/mol. The Morgan fingerprint density at radius 1 is 1.42 bits per heavy atom. The lowest BCUT2D eigenvalue weighted by molar-refractivity contribution is 0.0725. The molecule has 2 aliphatic rings. The Hall–Kier alpha value is -1.58. The van der Waals surface area contributed by atoms with Gasteiger partial charge >= 0.3 is 5.69 Å². The molecule has 0 amide bonds. The maximum Gasteiger partial charge on any atom is 0.350 e. The van der Waals surface area contributed by atoms with Crippen LogP contribution in [0.2, 0.25) is 0 Å². The average Bonchev–Trinajstić information content (AvgIpc) is 3.15. The summed E-state index contributed by atoms with van der Waals surface area (Å²) in [6.45, 7) is 1.36. The number of thioether (sulfide) groups is 1. The van der Waals surface area contributed by atoms with E-state index in [0.717, 1.165) is 18.6 Å². The lowest BCUT2D eigenvalue weighted by Crippen LogP contribution is -2.46. The molecule has 0 saturated carbocycles. The summed E-state index contributed by atoms with van der Waals surface area (Å²) in [7, 11) is -3.58. The fourth-order valence-electron chi connectivity index (χ4n) is 2.71. The summed E-state index contributed by atoms with van der Waals surface area (Å²) in [5, 5.41) is 0.0518. The second-order valence-electron chi connectivity index (χ2n) is 5.84. The van der Waals surface area contributed by atoms with Gasteiger partial charge in [-0.25, -0.2) is 4.79 Å². The highest BCUT2D eigenvalue weighted by Crippen LogP contribution is 2.34. The number of anilines is 1. The van der Waals surface area contributed by atoms with E-state index in [-0.39, 0.29) is 23.4 Å². The number of rotatable bonds is 4. The highest BCUT2D eigenvalue weighted by molar-refractivity contribution is 7.99. The number of nitrogens with two attached hydrogens (primary N) is 1. The molecule has 0 radical (unpaired) electrons. The van der Waals surface area contributed by atoms with Crippen molar-refractivity contribution in [2.45, 2.75) is 18.2 Å². The molecule has 2 fully saturated rings. The first-order valence-electron chi connectivity index (χ1n) is 8.29. The minimum atomic E-state index is -3.58. The molecule has 26 heavy (non-hydrogen) atoms. The Bertz CT molecular complexity index is 862. The number of morpholine rings is 1. The lowest BCUT2D eigenvalue weighted by Gasteiger charge is -2.25. The van der Waals surface area contributed by atoms with Crippen molar-refractivity contribution in [3.63, 3.8) is 0 Å². The van der Waals surface area contributed by atoms with E-state index in [4.69, 9.17) is 10.5 Å². The van der Waals surface area contributed by atoms with E-state index in [1.807, 2.05) is 0 Å².